The normalized spacial score (nSPS) is 11.5. The Balaban J connectivity index is 1.82. The highest BCUT2D eigenvalue weighted by molar-refractivity contribution is 7.12. The van der Waals surface area contributed by atoms with Gasteiger partial charge in [0.2, 0.25) is 5.91 Å². The maximum atomic E-state index is 12.2. The zero-order valence-electron chi connectivity index (χ0n) is 12.9. The van der Waals surface area contributed by atoms with Crippen molar-refractivity contribution in [2.75, 3.05) is 5.32 Å². The van der Waals surface area contributed by atoms with E-state index in [-0.39, 0.29) is 10.8 Å². The summed E-state index contributed by atoms with van der Waals surface area (Å²) in [7, 11) is 0. The Morgan fingerprint density at radius 1 is 1.08 bits per heavy atom. The number of aromatic carboxylic acids is 1. The SMILES string of the molecule is C/C(=C/C(=O)Nc1ccsc1C(=O)O)c1ccc2ccccc2c1. The summed E-state index contributed by atoms with van der Waals surface area (Å²) in [5.41, 5.74) is 2.08. The third-order valence-corrected chi connectivity index (χ3v) is 4.57. The first-order valence-electron chi connectivity index (χ1n) is 7.34. The predicted octanol–water partition coefficient (Wildman–Crippen LogP) is 4.64. The summed E-state index contributed by atoms with van der Waals surface area (Å²) in [5, 5.41) is 15.6. The number of allylic oxidation sites excluding steroid dienone is 1. The number of fused-ring (bicyclic) bond motifs is 1. The van der Waals surface area contributed by atoms with Crippen LogP contribution in [-0.4, -0.2) is 17.0 Å². The molecule has 0 saturated heterocycles. The van der Waals surface area contributed by atoms with Gasteiger partial charge in [0.1, 0.15) is 4.88 Å². The number of rotatable bonds is 4. The van der Waals surface area contributed by atoms with E-state index in [0.29, 0.717) is 5.69 Å². The van der Waals surface area contributed by atoms with E-state index in [1.807, 2.05) is 49.4 Å². The summed E-state index contributed by atoms with van der Waals surface area (Å²) in [6, 6.07) is 15.6. The minimum atomic E-state index is -1.05. The number of carbonyl (C=O) groups is 2. The Morgan fingerprint density at radius 3 is 2.58 bits per heavy atom. The van der Waals surface area contributed by atoms with Crippen molar-refractivity contribution in [1.29, 1.82) is 0 Å². The molecule has 0 saturated carbocycles. The smallest absolute Gasteiger partial charge is 0.348 e. The molecule has 3 rings (SSSR count). The Bertz CT molecular complexity index is 956. The van der Waals surface area contributed by atoms with Crippen LogP contribution >= 0.6 is 11.3 Å². The topological polar surface area (TPSA) is 66.4 Å². The van der Waals surface area contributed by atoms with Crippen molar-refractivity contribution in [3.63, 3.8) is 0 Å². The molecule has 0 unspecified atom stereocenters. The van der Waals surface area contributed by atoms with Crippen molar-refractivity contribution >= 4 is 45.2 Å². The van der Waals surface area contributed by atoms with Gasteiger partial charge in [0, 0.05) is 6.08 Å². The Hall–Kier alpha value is -2.92. The van der Waals surface area contributed by atoms with E-state index < -0.39 is 5.97 Å². The van der Waals surface area contributed by atoms with Crippen molar-refractivity contribution in [3.8, 4) is 0 Å². The lowest BCUT2D eigenvalue weighted by molar-refractivity contribution is -0.111. The van der Waals surface area contributed by atoms with E-state index in [2.05, 4.69) is 5.32 Å². The quantitative estimate of drug-likeness (QED) is 0.682. The Labute approximate surface area is 143 Å². The second-order valence-corrected chi connectivity index (χ2v) is 6.26. The molecule has 0 spiro atoms. The van der Waals surface area contributed by atoms with Crippen molar-refractivity contribution in [2.24, 2.45) is 0 Å². The predicted molar refractivity (Wildman–Crippen MR) is 97.5 cm³/mol. The van der Waals surface area contributed by atoms with Gasteiger partial charge in [0.25, 0.3) is 0 Å². The summed E-state index contributed by atoms with van der Waals surface area (Å²) >= 11 is 1.08. The number of anilines is 1. The molecule has 2 aromatic carbocycles. The number of carbonyl (C=O) groups excluding carboxylic acids is 1. The molecule has 0 aliphatic carbocycles. The van der Waals surface area contributed by atoms with Crippen molar-refractivity contribution in [3.05, 3.63) is 70.4 Å². The van der Waals surface area contributed by atoms with Gasteiger partial charge in [-0.1, -0.05) is 36.4 Å². The van der Waals surface area contributed by atoms with Gasteiger partial charge < -0.3 is 10.4 Å². The van der Waals surface area contributed by atoms with Crippen LogP contribution in [0.3, 0.4) is 0 Å². The fraction of sp³-hybridized carbons (Fsp3) is 0.0526. The van der Waals surface area contributed by atoms with Crippen LogP contribution in [0.25, 0.3) is 16.3 Å². The lowest BCUT2D eigenvalue weighted by Crippen LogP contribution is -2.10. The fourth-order valence-electron chi connectivity index (χ4n) is 2.46. The Kier molecular flexibility index (Phi) is 4.44. The third-order valence-electron chi connectivity index (χ3n) is 3.67. The summed E-state index contributed by atoms with van der Waals surface area (Å²) in [6.07, 6.45) is 1.48. The van der Waals surface area contributed by atoms with Crippen molar-refractivity contribution in [1.82, 2.24) is 0 Å². The molecule has 4 nitrogen and oxygen atoms in total. The van der Waals surface area contributed by atoms with Crippen LogP contribution in [0.5, 0.6) is 0 Å². The number of nitrogens with one attached hydrogen (secondary N) is 1. The maximum Gasteiger partial charge on any atom is 0.348 e. The van der Waals surface area contributed by atoms with Gasteiger partial charge in [-0.3, -0.25) is 4.79 Å². The zero-order chi connectivity index (χ0) is 17.1. The lowest BCUT2D eigenvalue weighted by atomic mass is 10.0. The molecule has 0 radical (unpaired) electrons. The van der Waals surface area contributed by atoms with Gasteiger partial charge in [0.05, 0.1) is 5.69 Å². The average molecular weight is 337 g/mol. The first-order chi connectivity index (χ1) is 11.5. The molecule has 24 heavy (non-hydrogen) atoms. The standard InChI is InChI=1S/C19H15NO3S/c1-12(14-7-6-13-4-2-3-5-15(13)11-14)10-17(21)20-16-8-9-24-18(16)19(22)23/h2-11H,1H3,(H,20,21)(H,22,23)/b12-10-. The third kappa shape index (κ3) is 3.36. The van der Waals surface area contributed by atoms with Crippen molar-refractivity contribution < 1.29 is 14.7 Å². The van der Waals surface area contributed by atoms with Crippen LogP contribution in [-0.2, 0) is 4.79 Å². The fourth-order valence-corrected chi connectivity index (χ4v) is 3.14. The molecule has 2 N–H and O–H groups in total. The van der Waals surface area contributed by atoms with Crippen LogP contribution in [0.2, 0.25) is 0 Å². The summed E-state index contributed by atoms with van der Waals surface area (Å²) in [6.45, 7) is 1.86. The molecule has 3 aromatic rings. The van der Waals surface area contributed by atoms with E-state index in [0.717, 1.165) is 33.2 Å². The highest BCUT2D eigenvalue weighted by Crippen LogP contribution is 2.23. The number of carboxylic acid groups (broad SMARTS) is 1. The van der Waals surface area contributed by atoms with E-state index in [1.54, 1.807) is 11.4 Å². The molecule has 1 amide bonds. The molecule has 0 bridgehead atoms. The zero-order valence-corrected chi connectivity index (χ0v) is 13.8. The molecular formula is C19H15NO3S. The first-order valence-corrected chi connectivity index (χ1v) is 8.22. The molecular weight excluding hydrogens is 322 g/mol. The van der Waals surface area contributed by atoms with Gasteiger partial charge in [-0.05, 0) is 46.3 Å². The number of amides is 1. The minimum Gasteiger partial charge on any atom is -0.477 e. The van der Waals surface area contributed by atoms with Crippen LogP contribution in [0, 0.1) is 0 Å². The van der Waals surface area contributed by atoms with Crippen molar-refractivity contribution in [2.45, 2.75) is 6.92 Å². The molecule has 1 aromatic heterocycles. The van der Waals surface area contributed by atoms with Crippen LogP contribution in [0.1, 0.15) is 22.2 Å². The number of hydrogen-bond acceptors (Lipinski definition) is 3. The minimum absolute atomic E-state index is 0.125. The number of benzene rings is 2. The molecule has 0 aliphatic rings. The summed E-state index contributed by atoms with van der Waals surface area (Å²) in [5.74, 6) is -1.39. The van der Waals surface area contributed by atoms with Gasteiger partial charge in [-0.25, -0.2) is 4.79 Å². The first kappa shape index (κ1) is 16.0. The Morgan fingerprint density at radius 2 is 1.83 bits per heavy atom. The highest BCUT2D eigenvalue weighted by atomic mass is 32.1. The monoisotopic (exact) mass is 337 g/mol. The molecule has 0 atom stereocenters. The molecule has 0 fully saturated rings. The second kappa shape index (κ2) is 6.68. The number of carboxylic acids is 1. The maximum absolute atomic E-state index is 12.2. The van der Waals surface area contributed by atoms with Crippen LogP contribution < -0.4 is 5.32 Å². The van der Waals surface area contributed by atoms with E-state index in [1.165, 1.54) is 6.08 Å². The molecule has 1 heterocycles. The van der Waals surface area contributed by atoms with Gasteiger partial charge in [0.15, 0.2) is 0 Å². The van der Waals surface area contributed by atoms with Gasteiger partial charge >= 0.3 is 5.97 Å². The van der Waals surface area contributed by atoms with E-state index in [9.17, 15) is 9.59 Å². The molecule has 0 aliphatic heterocycles. The molecule has 120 valence electrons. The number of hydrogen-bond donors (Lipinski definition) is 2. The lowest BCUT2D eigenvalue weighted by Gasteiger charge is -2.05. The summed E-state index contributed by atoms with van der Waals surface area (Å²) < 4.78 is 0. The van der Waals surface area contributed by atoms with Gasteiger partial charge in [-0.15, -0.1) is 11.3 Å². The molecule has 5 heteroatoms. The van der Waals surface area contributed by atoms with E-state index in [4.69, 9.17) is 5.11 Å². The summed E-state index contributed by atoms with van der Waals surface area (Å²) in [4.78, 5) is 23.4. The van der Waals surface area contributed by atoms with Crippen LogP contribution in [0.15, 0.2) is 60.0 Å². The van der Waals surface area contributed by atoms with Gasteiger partial charge in [-0.2, -0.15) is 0 Å². The highest BCUT2D eigenvalue weighted by Gasteiger charge is 2.13. The number of thiophene rings is 1. The van der Waals surface area contributed by atoms with E-state index >= 15 is 0 Å². The largest absolute Gasteiger partial charge is 0.477 e. The average Bonchev–Trinajstić information content (AvgIpc) is 3.02. The van der Waals surface area contributed by atoms with Crippen LogP contribution in [0.4, 0.5) is 5.69 Å². The second-order valence-electron chi connectivity index (χ2n) is 5.35.